The fraction of sp³-hybridized carbons (Fsp3) is 0.661. The largest absolute Gasteiger partial charge is 0.514 e. The van der Waals surface area contributed by atoms with Gasteiger partial charge in [-0.1, -0.05) is 51.3 Å². The number of likely N-dealkylation sites (N-methyl/N-ethyl adjacent to an activating group) is 1. The molecule has 2 aromatic carbocycles. The molecule has 0 bridgehead atoms. The lowest BCUT2D eigenvalue weighted by atomic mass is 9.42. The van der Waals surface area contributed by atoms with Crippen LogP contribution in [-0.2, 0) is 19.1 Å². The third-order valence-corrected chi connectivity index (χ3v) is 21.9. The normalized spacial score (nSPS) is 38.9. The second-order valence-corrected chi connectivity index (χ2v) is 25.5. The van der Waals surface area contributed by atoms with Gasteiger partial charge in [0, 0.05) is 61.5 Å². The van der Waals surface area contributed by atoms with Crippen LogP contribution in [0, 0.1) is 85.5 Å². The van der Waals surface area contributed by atoms with E-state index in [1.165, 1.54) is 46.5 Å². The molecule has 75 heavy (non-hydrogen) atoms. The third kappa shape index (κ3) is 9.34. The van der Waals surface area contributed by atoms with Crippen molar-refractivity contribution in [3.05, 3.63) is 87.0 Å². The lowest BCUT2D eigenvalue weighted by molar-refractivity contribution is -0.384. The molecule has 6 saturated carbocycles. The molecule has 2 aromatic rings. The summed E-state index contributed by atoms with van der Waals surface area (Å²) in [6.07, 6.45) is 11.8. The predicted molar refractivity (Wildman–Crippen MR) is 285 cm³/mol. The van der Waals surface area contributed by atoms with Crippen molar-refractivity contribution in [1.82, 2.24) is 0 Å². The summed E-state index contributed by atoms with van der Waals surface area (Å²) in [5.41, 5.74) is 3.90. The van der Waals surface area contributed by atoms with Crippen LogP contribution < -0.4 is 9.64 Å². The van der Waals surface area contributed by atoms with E-state index in [1.807, 2.05) is 13.0 Å². The first kappa shape index (κ1) is 53.4. The van der Waals surface area contributed by atoms with Gasteiger partial charge in [0.25, 0.3) is 5.69 Å². The highest BCUT2D eigenvalue weighted by molar-refractivity contribution is 5.93. The molecule has 8 aliphatic rings. The molecule has 0 spiro atoms. The van der Waals surface area contributed by atoms with Crippen molar-refractivity contribution >= 4 is 29.3 Å². The number of aliphatic carboxylic acids is 1. The van der Waals surface area contributed by atoms with Crippen LogP contribution in [0.5, 0.6) is 5.75 Å². The minimum Gasteiger partial charge on any atom is -0.481 e. The van der Waals surface area contributed by atoms with Crippen molar-refractivity contribution in [3.63, 3.8) is 0 Å². The first-order valence-corrected chi connectivity index (χ1v) is 28.2. The number of fused-ring (bicyclic) bond motifs is 9. The van der Waals surface area contributed by atoms with Gasteiger partial charge in [0.15, 0.2) is 5.78 Å². The van der Waals surface area contributed by atoms with Gasteiger partial charge in [-0.05, 0) is 203 Å². The van der Waals surface area contributed by atoms with Crippen molar-refractivity contribution in [2.45, 2.75) is 174 Å². The van der Waals surface area contributed by atoms with Crippen molar-refractivity contribution in [3.8, 4) is 17.6 Å². The van der Waals surface area contributed by atoms with Crippen LogP contribution in [0.25, 0.3) is 0 Å². The number of nitro groups is 1. The lowest BCUT2D eigenvalue weighted by Crippen LogP contribution is -2.63. The van der Waals surface area contributed by atoms with Crippen molar-refractivity contribution < 1.29 is 48.8 Å². The first-order valence-electron chi connectivity index (χ1n) is 28.2. The number of non-ortho nitro benzene ring substituents is 1. The number of allylic oxidation sites excluding steroid dienone is 4. The Kier molecular flexibility index (Phi) is 14.3. The number of nitro benzene ring substituents is 1. The highest BCUT2D eigenvalue weighted by Gasteiger charge is 2.68. The molecular formula is C62H80N2O11. The van der Waals surface area contributed by atoms with Crippen molar-refractivity contribution in [2.75, 3.05) is 25.1 Å². The van der Waals surface area contributed by atoms with E-state index in [2.05, 4.69) is 82.7 Å². The molecule has 3 N–H and O–H groups in total. The third-order valence-electron chi connectivity index (χ3n) is 21.9. The van der Waals surface area contributed by atoms with Crippen molar-refractivity contribution in [2.24, 2.45) is 63.6 Å². The fourth-order valence-electron chi connectivity index (χ4n) is 17.9. The topological polar surface area (TPSA) is 186 Å². The summed E-state index contributed by atoms with van der Waals surface area (Å²) in [5.74, 6) is 7.17. The summed E-state index contributed by atoms with van der Waals surface area (Å²) < 4.78 is 19.1. The van der Waals surface area contributed by atoms with Crippen LogP contribution in [0.1, 0.15) is 156 Å². The number of hydrogen-bond acceptors (Lipinski definition) is 11. The number of hydrogen-bond donors (Lipinski definition) is 3. The Morgan fingerprint density at radius 2 is 1.67 bits per heavy atom. The molecule has 0 saturated heterocycles. The van der Waals surface area contributed by atoms with Gasteiger partial charge in [0.1, 0.15) is 17.5 Å². The van der Waals surface area contributed by atoms with Gasteiger partial charge in [-0.25, -0.2) is 4.79 Å². The van der Waals surface area contributed by atoms with Crippen LogP contribution in [-0.4, -0.2) is 81.8 Å². The lowest BCUT2D eigenvalue weighted by Gasteiger charge is -2.64. The summed E-state index contributed by atoms with van der Waals surface area (Å²) in [6, 6.07) is 14.4. The van der Waals surface area contributed by atoms with Crippen LogP contribution in [0.2, 0.25) is 0 Å². The van der Waals surface area contributed by atoms with Gasteiger partial charge in [-0.15, -0.1) is 5.92 Å². The number of carboxylic acids is 1. The Morgan fingerprint density at radius 1 is 0.920 bits per heavy atom. The zero-order chi connectivity index (χ0) is 53.4. The Morgan fingerprint density at radius 3 is 2.37 bits per heavy atom. The summed E-state index contributed by atoms with van der Waals surface area (Å²) in [4.78, 5) is 51.1. The van der Waals surface area contributed by atoms with Crippen molar-refractivity contribution in [1.29, 1.82) is 0 Å². The molecule has 0 radical (unpaired) electrons. The summed E-state index contributed by atoms with van der Waals surface area (Å²) in [7, 11) is 2.10. The average Bonchev–Trinajstić information content (AvgIpc) is 3.86. The van der Waals surface area contributed by atoms with Gasteiger partial charge in [-0.3, -0.25) is 19.7 Å². The molecule has 13 heteroatoms. The number of ether oxygens (including phenoxy) is 3. The number of nitrogens with zero attached hydrogens (tertiary/aromatic N) is 2. The Hall–Kier alpha value is -5.03. The minimum atomic E-state index is -1.03. The zero-order valence-corrected chi connectivity index (χ0v) is 45.3. The molecule has 16 atom stereocenters. The van der Waals surface area contributed by atoms with E-state index in [0.29, 0.717) is 57.1 Å². The maximum absolute atomic E-state index is 13.8. The SMILES string of the molecule is CC#C[C@@]1(O)CCC2C3CCC4=CC(=O)CCC4=C3[C@H](c3ccc(N(C)CCO[C@@]4(C)CC[C@@]5(C)[C@H](C[C@@H](OC(=O)Oc6ccc([N+](=O)[O-])cc6)[C@@H]6[C@@H]5C[C@H](O)[C@]5(C)[C@@H]([C@H](C)CCC(=O)O)CC[C@@H]65)C4)cc3)C[C@@]21C. The van der Waals surface area contributed by atoms with Gasteiger partial charge >= 0.3 is 12.1 Å². The van der Waals surface area contributed by atoms with E-state index < -0.39 is 45.9 Å². The summed E-state index contributed by atoms with van der Waals surface area (Å²) >= 11 is 0. The molecule has 8 aliphatic carbocycles. The van der Waals surface area contributed by atoms with E-state index >= 15 is 0 Å². The van der Waals surface area contributed by atoms with Gasteiger partial charge < -0.3 is 34.4 Å². The standard InChI is InChI=1S/C62H80N2O11/c1-8-26-62(70)27-25-49-46-20-12-39-32-43(65)17-21-45(39)55(46)47(36-60(49,62)5)38-10-13-41(14-11-38)63(7)30-31-73-58(3)28-29-59(4)40(35-58)33-52(75-57(69)74-44-18-15-42(16-19-44)64(71)72)56-50-23-22-48(37(2)9-24-54(67)68)61(50,6)53(66)34-51(56)59/h10-11,13-16,18-19,32,37,40,46-53,56,66,70H,9,12,17,20-25,27-31,33-36H2,1-7H3,(H,67,68)/t37-,40-,46?,47+,48-,49?,50+,51+,52-,53+,56+,58+,59+,60+,61-,62-/m1/s1. The van der Waals surface area contributed by atoms with Gasteiger partial charge in [0.2, 0.25) is 0 Å². The number of carboxylic acid groups (broad SMARTS) is 1. The second-order valence-electron chi connectivity index (χ2n) is 25.5. The van der Waals surface area contributed by atoms with Gasteiger partial charge in [0.05, 0.1) is 23.2 Å². The second kappa shape index (κ2) is 20.1. The van der Waals surface area contributed by atoms with E-state index in [9.17, 15) is 39.8 Å². The number of carbonyl (C=O) groups excluding carboxylic acids is 2. The molecule has 0 heterocycles. The predicted octanol–water partition coefficient (Wildman–Crippen LogP) is 11.8. The molecule has 0 aromatic heterocycles. The first-order chi connectivity index (χ1) is 35.6. The van der Waals surface area contributed by atoms with E-state index in [0.717, 1.165) is 69.9 Å². The maximum Gasteiger partial charge on any atom is 0.514 e. The Balaban J connectivity index is 0.842. The molecular weight excluding hydrogens is 949 g/mol. The fourth-order valence-corrected chi connectivity index (χ4v) is 17.9. The average molecular weight is 1030 g/mol. The van der Waals surface area contributed by atoms with Crippen LogP contribution >= 0.6 is 0 Å². The highest BCUT2D eigenvalue weighted by Crippen LogP contribution is 2.70. The number of benzene rings is 2. The molecule has 2 unspecified atom stereocenters. The molecule has 6 fully saturated rings. The zero-order valence-electron chi connectivity index (χ0n) is 45.3. The number of aliphatic hydroxyl groups excluding tert-OH is 1. The Bertz CT molecular complexity index is 2690. The summed E-state index contributed by atoms with van der Waals surface area (Å²) in [5, 5.41) is 45.4. The summed E-state index contributed by atoms with van der Waals surface area (Å²) in [6.45, 7) is 14.2. The maximum atomic E-state index is 13.8. The highest BCUT2D eigenvalue weighted by atomic mass is 16.7. The van der Waals surface area contributed by atoms with Gasteiger partial charge in [-0.2, -0.15) is 0 Å². The van der Waals surface area contributed by atoms with E-state index in [1.54, 1.807) is 0 Å². The quantitative estimate of drug-likeness (QED) is 0.0568. The number of aliphatic hydroxyl groups is 2. The Labute approximate surface area is 443 Å². The van der Waals surface area contributed by atoms with E-state index in [4.69, 9.17) is 14.2 Å². The smallest absolute Gasteiger partial charge is 0.481 e. The molecule has 404 valence electrons. The minimum absolute atomic E-state index is 0.0424. The number of carbonyl (C=O) groups is 3. The molecule has 10 rings (SSSR count). The van der Waals surface area contributed by atoms with Crippen LogP contribution in [0.15, 0.2) is 71.3 Å². The van der Waals surface area contributed by atoms with Crippen LogP contribution in [0.4, 0.5) is 16.2 Å². The molecule has 0 aliphatic heterocycles. The monoisotopic (exact) mass is 1030 g/mol. The number of rotatable bonds is 13. The number of ketones is 1. The molecule has 13 nitrogen and oxygen atoms in total. The molecule has 0 amide bonds. The number of anilines is 1. The van der Waals surface area contributed by atoms with Crippen LogP contribution in [0.3, 0.4) is 0 Å². The van der Waals surface area contributed by atoms with E-state index in [-0.39, 0.29) is 75.9 Å².